The molecule has 3 aromatic heterocycles. The normalized spacial score (nSPS) is 17.9. The molecule has 7 rings (SSSR count). The summed E-state index contributed by atoms with van der Waals surface area (Å²) < 4.78 is 2.63. The molecule has 10 heteroatoms. The highest BCUT2D eigenvalue weighted by Gasteiger charge is 2.30. The monoisotopic (exact) mass is 514 g/mol. The van der Waals surface area contributed by atoms with Crippen molar-refractivity contribution in [1.29, 1.82) is 0 Å². The molecule has 0 atom stereocenters. The molecule has 2 fully saturated rings. The highest BCUT2D eigenvalue weighted by atomic mass is 16.3. The van der Waals surface area contributed by atoms with Gasteiger partial charge in [0.2, 0.25) is 5.88 Å². The van der Waals surface area contributed by atoms with Gasteiger partial charge in [-0.25, -0.2) is 4.98 Å². The van der Waals surface area contributed by atoms with Crippen molar-refractivity contribution >= 4 is 43.4 Å². The summed E-state index contributed by atoms with van der Waals surface area (Å²) in [6.45, 7) is 0. The van der Waals surface area contributed by atoms with Crippen LogP contribution in [0.1, 0.15) is 76.3 Å². The molecule has 0 unspecified atom stereocenters. The van der Waals surface area contributed by atoms with Gasteiger partial charge in [-0.1, -0.05) is 38.5 Å². The Kier molecular flexibility index (Phi) is 4.98. The second-order valence-corrected chi connectivity index (χ2v) is 10.8. The zero-order valence-electron chi connectivity index (χ0n) is 20.7. The predicted octanol–water partition coefficient (Wildman–Crippen LogP) is 3.02. The van der Waals surface area contributed by atoms with Gasteiger partial charge in [0, 0.05) is 33.6 Å². The van der Waals surface area contributed by atoms with Gasteiger partial charge < -0.3 is 10.1 Å². The molecule has 194 valence electrons. The van der Waals surface area contributed by atoms with Gasteiger partial charge in [0.15, 0.2) is 0 Å². The number of pyridine rings is 2. The quantitative estimate of drug-likeness (QED) is 0.209. The molecule has 2 aliphatic carbocycles. The van der Waals surface area contributed by atoms with Gasteiger partial charge >= 0.3 is 11.1 Å². The number of nitrogens with one attached hydrogen (secondary N) is 1. The molecule has 0 spiro atoms. The number of H-pyrrole nitrogens is 1. The lowest BCUT2D eigenvalue weighted by molar-refractivity contribution is 0.308. The molecule has 2 N–H and O–H groups in total. The molecule has 3 heterocycles. The zero-order chi connectivity index (χ0) is 26.3. The van der Waals surface area contributed by atoms with Crippen LogP contribution in [0.3, 0.4) is 0 Å². The first kappa shape index (κ1) is 23.1. The van der Waals surface area contributed by atoms with E-state index in [1.54, 1.807) is 12.1 Å². The molecule has 2 aromatic carbocycles. The molecule has 2 aliphatic rings. The van der Waals surface area contributed by atoms with Crippen molar-refractivity contribution < 1.29 is 5.11 Å². The van der Waals surface area contributed by atoms with E-state index >= 15 is 0 Å². The Balaban J connectivity index is 1.75. The molecule has 5 aromatic rings. The fourth-order valence-corrected chi connectivity index (χ4v) is 6.99. The zero-order valence-corrected chi connectivity index (χ0v) is 20.7. The molecular weight excluding hydrogens is 488 g/mol. The fourth-order valence-electron chi connectivity index (χ4n) is 6.99. The van der Waals surface area contributed by atoms with Gasteiger partial charge in [-0.3, -0.25) is 33.1 Å². The van der Waals surface area contributed by atoms with Crippen LogP contribution in [0.4, 0.5) is 0 Å². The van der Waals surface area contributed by atoms with Crippen LogP contribution < -0.4 is 27.8 Å². The average Bonchev–Trinajstić information content (AvgIpc) is 2.92. The van der Waals surface area contributed by atoms with Crippen LogP contribution in [-0.2, 0) is 0 Å². The molecular formula is C28H26N4O6. The summed E-state index contributed by atoms with van der Waals surface area (Å²) in [5.41, 5.74) is -3.77. The maximum absolute atomic E-state index is 14.1. The van der Waals surface area contributed by atoms with Crippen LogP contribution in [0, 0.1) is 0 Å². The molecule has 0 aliphatic heterocycles. The molecule has 10 nitrogen and oxygen atoms in total. The summed E-state index contributed by atoms with van der Waals surface area (Å²) in [7, 11) is 0. The number of aromatic hydroxyl groups is 1. The van der Waals surface area contributed by atoms with Crippen LogP contribution in [-0.4, -0.2) is 24.2 Å². The summed E-state index contributed by atoms with van der Waals surface area (Å²) in [4.78, 5) is 73.3. The summed E-state index contributed by atoms with van der Waals surface area (Å²) in [6, 6.07) is 2.67. The third kappa shape index (κ3) is 3.00. The minimum Gasteiger partial charge on any atom is -0.494 e. The van der Waals surface area contributed by atoms with Crippen LogP contribution in [0.15, 0.2) is 36.1 Å². The van der Waals surface area contributed by atoms with Crippen molar-refractivity contribution in [3.8, 4) is 5.88 Å². The molecule has 0 radical (unpaired) electrons. The topological polar surface area (TPSA) is 144 Å². The van der Waals surface area contributed by atoms with Crippen molar-refractivity contribution in [3.05, 3.63) is 63.9 Å². The molecule has 2 saturated carbocycles. The third-order valence-electron chi connectivity index (χ3n) is 8.74. The number of aromatic amines is 1. The van der Waals surface area contributed by atoms with E-state index in [1.165, 1.54) is 9.13 Å². The van der Waals surface area contributed by atoms with E-state index in [2.05, 4.69) is 9.97 Å². The largest absolute Gasteiger partial charge is 0.494 e. The first-order valence-electron chi connectivity index (χ1n) is 13.4. The van der Waals surface area contributed by atoms with E-state index in [0.717, 1.165) is 38.5 Å². The van der Waals surface area contributed by atoms with E-state index in [0.29, 0.717) is 31.1 Å². The number of hydrogen-bond acceptors (Lipinski definition) is 7. The number of aromatic nitrogens is 4. The minimum atomic E-state index is -1.07. The lowest BCUT2D eigenvalue weighted by Crippen LogP contribution is -2.38. The summed E-state index contributed by atoms with van der Waals surface area (Å²) >= 11 is 0. The number of benzene rings is 2. The molecule has 38 heavy (non-hydrogen) atoms. The Labute approximate surface area is 213 Å². The van der Waals surface area contributed by atoms with Crippen molar-refractivity contribution in [3.63, 3.8) is 0 Å². The summed E-state index contributed by atoms with van der Waals surface area (Å²) in [5, 5.41) is 12.4. The molecule has 0 saturated heterocycles. The van der Waals surface area contributed by atoms with E-state index in [-0.39, 0.29) is 55.9 Å². The van der Waals surface area contributed by atoms with Crippen molar-refractivity contribution in [2.45, 2.75) is 76.3 Å². The number of hydrogen-bond donors (Lipinski definition) is 2. The van der Waals surface area contributed by atoms with Crippen LogP contribution in [0.5, 0.6) is 5.88 Å². The summed E-state index contributed by atoms with van der Waals surface area (Å²) in [6.07, 6.45) is 8.51. The Morgan fingerprint density at radius 2 is 1.24 bits per heavy atom. The Morgan fingerprint density at radius 3 is 1.89 bits per heavy atom. The first-order valence-corrected chi connectivity index (χ1v) is 13.4. The predicted molar refractivity (Wildman–Crippen MR) is 144 cm³/mol. The van der Waals surface area contributed by atoms with E-state index < -0.39 is 27.8 Å². The van der Waals surface area contributed by atoms with E-state index in [4.69, 9.17) is 0 Å². The lowest BCUT2D eigenvalue weighted by Gasteiger charge is -2.27. The Hall–Kier alpha value is -4.08. The van der Waals surface area contributed by atoms with Gasteiger partial charge in [0.1, 0.15) is 5.52 Å². The van der Waals surface area contributed by atoms with E-state index in [1.807, 2.05) is 0 Å². The minimum absolute atomic E-state index is 0.0212. The van der Waals surface area contributed by atoms with Gasteiger partial charge in [0.05, 0.1) is 16.3 Å². The van der Waals surface area contributed by atoms with Crippen LogP contribution in [0.25, 0.3) is 43.4 Å². The highest BCUT2D eigenvalue weighted by Crippen LogP contribution is 2.41. The number of rotatable bonds is 2. The number of nitrogens with zero attached hydrogens (tertiary/aromatic N) is 3. The Bertz CT molecular complexity index is 2060. The standard InChI is InChI=1S/C28H26N4O6/c33-23-24(34)30-22-20-18-16(26(36)32(28(20)38)14-9-5-2-6-10-14)12-11-15-17(18)19(21(22)29-23)27(37)31(25(15)35)13-7-3-1-4-8-13/h11-14,35H,1-10H2,(H,30,34). The van der Waals surface area contributed by atoms with Gasteiger partial charge in [-0.05, 0) is 37.8 Å². The smallest absolute Gasteiger partial charge is 0.335 e. The van der Waals surface area contributed by atoms with Crippen molar-refractivity contribution in [2.75, 3.05) is 0 Å². The SMILES string of the molecule is O=c1nc2c([nH]c1=O)c1c(=O)n(C3CCCCC3)c(=O)c3ccc4c(O)n(C5CCCCC5)c(=O)c2c4c31. The molecule has 0 amide bonds. The van der Waals surface area contributed by atoms with E-state index in [9.17, 15) is 29.1 Å². The lowest BCUT2D eigenvalue weighted by atomic mass is 9.91. The fraction of sp³-hybridized carbons (Fsp3) is 0.429. The summed E-state index contributed by atoms with van der Waals surface area (Å²) in [5.74, 6) is -0.229. The maximum atomic E-state index is 14.1. The van der Waals surface area contributed by atoms with Gasteiger partial charge in [-0.2, -0.15) is 0 Å². The Morgan fingerprint density at radius 1 is 0.684 bits per heavy atom. The van der Waals surface area contributed by atoms with Crippen molar-refractivity contribution in [2.24, 2.45) is 0 Å². The van der Waals surface area contributed by atoms with Crippen LogP contribution in [0.2, 0.25) is 0 Å². The second-order valence-electron chi connectivity index (χ2n) is 10.8. The van der Waals surface area contributed by atoms with Crippen LogP contribution >= 0.6 is 0 Å². The van der Waals surface area contributed by atoms with Gasteiger partial charge in [0.25, 0.3) is 16.7 Å². The second kappa shape index (κ2) is 8.21. The first-order chi connectivity index (χ1) is 18.4. The average molecular weight is 515 g/mol. The number of fused-ring (bicyclic) bond motifs is 3. The highest BCUT2D eigenvalue weighted by molar-refractivity contribution is 6.32. The van der Waals surface area contributed by atoms with Crippen molar-refractivity contribution in [1.82, 2.24) is 19.1 Å². The van der Waals surface area contributed by atoms with Gasteiger partial charge in [-0.15, -0.1) is 0 Å². The third-order valence-corrected chi connectivity index (χ3v) is 8.74. The molecule has 0 bridgehead atoms. The maximum Gasteiger partial charge on any atom is 0.335 e.